The van der Waals surface area contributed by atoms with Crippen molar-refractivity contribution in [1.82, 2.24) is 0 Å². The number of hydrogen-bond donors (Lipinski definition) is 2. The average Bonchev–Trinajstić information content (AvgIpc) is 2.79. The summed E-state index contributed by atoms with van der Waals surface area (Å²) in [5, 5.41) is 14.1. The van der Waals surface area contributed by atoms with Gasteiger partial charge in [0, 0.05) is 11.6 Å². The van der Waals surface area contributed by atoms with E-state index in [1.807, 2.05) is 32.0 Å². The smallest absolute Gasteiger partial charge is 0.0878 e. The Labute approximate surface area is 130 Å². The molecule has 0 unspecified atom stereocenters. The molecular weight excluding hydrogens is 284 g/mol. The van der Waals surface area contributed by atoms with E-state index < -0.39 is 5.60 Å². The number of benzene rings is 2. The minimum absolute atomic E-state index is 0.601. The Morgan fingerprint density at radius 3 is 2.67 bits per heavy atom. The summed E-state index contributed by atoms with van der Waals surface area (Å²) in [6.45, 7) is 4.97. The fourth-order valence-corrected chi connectivity index (χ4v) is 2.87. The second-order valence-electron chi connectivity index (χ2n) is 6.09. The van der Waals surface area contributed by atoms with Crippen LogP contribution in [0.1, 0.15) is 13.8 Å². The molecule has 2 aromatic rings. The topological polar surface area (TPSA) is 35.5 Å². The van der Waals surface area contributed by atoms with Gasteiger partial charge in [-0.2, -0.15) is 0 Å². The molecule has 1 aliphatic heterocycles. The molecular formula is C17H19ClN2O. The first kappa shape index (κ1) is 14.2. The Morgan fingerprint density at radius 1 is 1.19 bits per heavy atom. The number of rotatable bonds is 3. The van der Waals surface area contributed by atoms with Gasteiger partial charge in [-0.05, 0) is 49.2 Å². The zero-order valence-corrected chi connectivity index (χ0v) is 13.0. The second kappa shape index (κ2) is 5.24. The van der Waals surface area contributed by atoms with Crippen LogP contribution in [-0.2, 0) is 0 Å². The minimum atomic E-state index is -0.713. The molecule has 0 bridgehead atoms. The van der Waals surface area contributed by atoms with Crippen LogP contribution in [0.3, 0.4) is 0 Å². The van der Waals surface area contributed by atoms with Crippen molar-refractivity contribution in [3.05, 3.63) is 47.5 Å². The molecule has 0 radical (unpaired) electrons. The summed E-state index contributed by atoms with van der Waals surface area (Å²) >= 11 is 6.06. The number of nitrogens with zero attached hydrogens (tertiary/aromatic N) is 1. The fourth-order valence-electron chi connectivity index (χ4n) is 2.67. The van der Waals surface area contributed by atoms with Gasteiger partial charge in [-0.15, -0.1) is 0 Å². The second-order valence-corrected chi connectivity index (χ2v) is 6.52. The van der Waals surface area contributed by atoms with E-state index in [1.54, 1.807) is 0 Å². The van der Waals surface area contributed by atoms with E-state index in [2.05, 4.69) is 34.5 Å². The molecule has 1 aliphatic rings. The molecule has 21 heavy (non-hydrogen) atoms. The summed E-state index contributed by atoms with van der Waals surface area (Å²) in [7, 11) is 0. The van der Waals surface area contributed by atoms with Crippen LogP contribution in [0.25, 0.3) is 11.1 Å². The third-order valence-corrected chi connectivity index (χ3v) is 3.77. The number of fused-ring (bicyclic) bond motifs is 1. The van der Waals surface area contributed by atoms with E-state index in [0.29, 0.717) is 6.54 Å². The van der Waals surface area contributed by atoms with Crippen molar-refractivity contribution in [3.8, 4) is 11.1 Å². The highest BCUT2D eigenvalue weighted by Gasteiger charge is 2.24. The highest BCUT2D eigenvalue weighted by molar-refractivity contribution is 6.30. The maximum absolute atomic E-state index is 9.98. The molecule has 3 nitrogen and oxygen atoms in total. The number of anilines is 2. The van der Waals surface area contributed by atoms with Gasteiger partial charge in [0.2, 0.25) is 0 Å². The molecule has 0 spiro atoms. The van der Waals surface area contributed by atoms with Crippen LogP contribution in [0, 0.1) is 0 Å². The molecule has 2 N–H and O–H groups in total. The van der Waals surface area contributed by atoms with Gasteiger partial charge in [-0.25, -0.2) is 0 Å². The molecule has 0 aliphatic carbocycles. The summed E-state index contributed by atoms with van der Waals surface area (Å²) < 4.78 is 0. The van der Waals surface area contributed by atoms with Crippen molar-refractivity contribution < 1.29 is 5.11 Å². The summed E-state index contributed by atoms with van der Waals surface area (Å²) in [5.41, 5.74) is 3.75. The number of aliphatic hydroxyl groups is 1. The van der Waals surface area contributed by atoms with Crippen molar-refractivity contribution in [2.24, 2.45) is 0 Å². The largest absolute Gasteiger partial charge is 0.389 e. The van der Waals surface area contributed by atoms with E-state index in [-0.39, 0.29) is 0 Å². The Balaban J connectivity index is 1.90. The lowest BCUT2D eigenvalue weighted by Gasteiger charge is -2.26. The first-order valence-corrected chi connectivity index (χ1v) is 7.41. The van der Waals surface area contributed by atoms with Gasteiger partial charge in [0.05, 0.1) is 23.6 Å². The standard InChI is InChI=1S/C17H19ClN2O/c1-17(2,21)10-20-11-19-15-9-13(6-7-16(15)20)12-4-3-5-14(18)8-12/h3-9,19,21H,10-11H2,1-2H3. The van der Waals surface area contributed by atoms with Crippen LogP contribution in [0.4, 0.5) is 11.4 Å². The van der Waals surface area contributed by atoms with Gasteiger partial charge in [-0.1, -0.05) is 29.8 Å². The number of β-amino-alcohol motifs (C(OH)–C–C–N with tert-alkyl or cyclic N) is 1. The van der Waals surface area contributed by atoms with E-state index in [1.165, 1.54) is 0 Å². The Morgan fingerprint density at radius 2 is 1.95 bits per heavy atom. The number of hydrogen-bond acceptors (Lipinski definition) is 3. The zero-order valence-electron chi connectivity index (χ0n) is 12.2. The quantitative estimate of drug-likeness (QED) is 0.900. The minimum Gasteiger partial charge on any atom is -0.389 e. The van der Waals surface area contributed by atoms with Crippen LogP contribution in [0.15, 0.2) is 42.5 Å². The van der Waals surface area contributed by atoms with Crippen molar-refractivity contribution >= 4 is 23.0 Å². The van der Waals surface area contributed by atoms with Crippen LogP contribution in [0.2, 0.25) is 5.02 Å². The lowest BCUT2D eigenvalue weighted by Crippen LogP contribution is -2.38. The van der Waals surface area contributed by atoms with Crippen molar-refractivity contribution in [2.45, 2.75) is 19.4 Å². The van der Waals surface area contributed by atoms with Crippen LogP contribution < -0.4 is 10.2 Å². The molecule has 4 heteroatoms. The number of halogens is 1. The highest BCUT2D eigenvalue weighted by atomic mass is 35.5. The average molecular weight is 303 g/mol. The van der Waals surface area contributed by atoms with Crippen LogP contribution in [-0.4, -0.2) is 23.9 Å². The van der Waals surface area contributed by atoms with E-state index >= 15 is 0 Å². The molecule has 0 atom stereocenters. The van der Waals surface area contributed by atoms with E-state index in [9.17, 15) is 5.11 Å². The molecule has 3 rings (SSSR count). The molecule has 0 amide bonds. The van der Waals surface area contributed by atoms with Crippen molar-refractivity contribution in [1.29, 1.82) is 0 Å². The van der Waals surface area contributed by atoms with Crippen molar-refractivity contribution in [2.75, 3.05) is 23.4 Å². The first-order chi connectivity index (χ1) is 9.92. The molecule has 0 saturated carbocycles. The SMILES string of the molecule is CC(C)(O)CN1CNc2cc(-c3cccc(Cl)c3)ccc21. The molecule has 0 saturated heterocycles. The van der Waals surface area contributed by atoms with Gasteiger partial charge in [0.25, 0.3) is 0 Å². The normalized spacial score (nSPS) is 14.0. The highest BCUT2D eigenvalue weighted by Crippen LogP contribution is 2.36. The summed E-state index contributed by atoms with van der Waals surface area (Å²) in [5.74, 6) is 0. The van der Waals surface area contributed by atoms with Gasteiger partial charge >= 0.3 is 0 Å². The predicted molar refractivity (Wildman–Crippen MR) is 89.0 cm³/mol. The fraction of sp³-hybridized carbons (Fsp3) is 0.294. The summed E-state index contributed by atoms with van der Waals surface area (Å²) in [6.07, 6.45) is 0. The molecule has 1 heterocycles. The van der Waals surface area contributed by atoms with E-state index in [4.69, 9.17) is 11.6 Å². The maximum atomic E-state index is 9.98. The van der Waals surface area contributed by atoms with Gasteiger partial charge in [-0.3, -0.25) is 0 Å². The summed E-state index contributed by atoms with van der Waals surface area (Å²) in [6, 6.07) is 14.2. The molecule has 0 fully saturated rings. The van der Waals surface area contributed by atoms with E-state index in [0.717, 1.165) is 34.2 Å². The molecule has 2 aromatic carbocycles. The molecule has 110 valence electrons. The monoisotopic (exact) mass is 302 g/mol. The van der Waals surface area contributed by atoms with Crippen molar-refractivity contribution in [3.63, 3.8) is 0 Å². The Kier molecular flexibility index (Phi) is 3.56. The van der Waals surface area contributed by atoms with Gasteiger partial charge in [0.1, 0.15) is 0 Å². The zero-order chi connectivity index (χ0) is 15.0. The lowest BCUT2D eigenvalue weighted by atomic mass is 10.0. The van der Waals surface area contributed by atoms with Crippen LogP contribution >= 0.6 is 11.6 Å². The summed E-state index contributed by atoms with van der Waals surface area (Å²) in [4.78, 5) is 2.15. The van der Waals surface area contributed by atoms with Gasteiger partial charge in [0.15, 0.2) is 0 Å². The lowest BCUT2D eigenvalue weighted by molar-refractivity contribution is 0.0880. The maximum Gasteiger partial charge on any atom is 0.0878 e. The Bertz CT molecular complexity index is 664. The van der Waals surface area contributed by atoms with Gasteiger partial charge < -0.3 is 15.3 Å². The predicted octanol–water partition coefficient (Wildman–Crippen LogP) is 3.97. The molecule has 0 aromatic heterocycles. The van der Waals surface area contributed by atoms with Crippen LogP contribution in [0.5, 0.6) is 0 Å². The first-order valence-electron chi connectivity index (χ1n) is 7.04. The Hall–Kier alpha value is -1.71. The third kappa shape index (κ3) is 3.14. The number of nitrogens with one attached hydrogen (secondary N) is 1. The third-order valence-electron chi connectivity index (χ3n) is 3.53.